The van der Waals surface area contributed by atoms with Gasteiger partial charge in [-0.3, -0.25) is 4.79 Å². The number of carboxylic acids is 1. The van der Waals surface area contributed by atoms with E-state index < -0.39 is 5.97 Å². The lowest BCUT2D eigenvalue weighted by molar-refractivity contribution is -0.133. The second-order valence-electron chi connectivity index (χ2n) is 6.74. The summed E-state index contributed by atoms with van der Waals surface area (Å²) in [6.45, 7) is 8.99. The number of thioether (sulfide) groups is 1. The highest BCUT2D eigenvalue weighted by atomic mass is 32.2. The van der Waals surface area contributed by atoms with Crippen LogP contribution in [0.15, 0.2) is 11.4 Å². The molecule has 1 N–H and O–H groups in total. The van der Waals surface area contributed by atoms with Gasteiger partial charge in [0.15, 0.2) is 5.16 Å². The second-order valence-corrected chi connectivity index (χ2v) is 7.69. The smallest absolute Gasteiger partial charge is 0.313 e. The molecule has 1 aliphatic carbocycles. The summed E-state index contributed by atoms with van der Waals surface area (Å²) in [6, 6.07) is 0.458. The summed E-state index contributed by atoms with van der Waals surface area (Å²) < 4.78 is 2.32. The van der Waals surface area contributed by atoms with Gasteiger partial charge in [0.25, 0.3) is 0 Å². The van der Waals surface area contributed by atoms with Crippen LogP contribution in [-0.4, -0.2) is 26.4 Å². The molecule has 5 heteroatoms. The predicted octanol–water partition coefficient (Wildman–Crippen LogP) is 4.18. The molecule has 1 fully saturated rings. The highest BCUT2D eigenvalue weighted by Crippen LogP contribution is 2.39. The van der Waals surface area contributed by atoms with Crippen LogP contribution in [0.1, 0.15) is 64.6 Å². The molecule has 1 aromatic rings. The summed E-state index contributed by atoms with van der Waals surface area (Å²) in [6.07, 6.45) is 5.56. The van der Waals surface area contributed by atoms with E-state index in [0.29, 0.717) is 12.0 Å². The van der Waals surface area contributed by atoms with Crippen LogP contribution in [0, 0.1) is 11.8 Å². The molecule has 1 aliphatic rings. The fraction of sp³-hybridized carbons (Fsp3) is 0.750. The average molecular weight is 310 g/mol. The van der Waals surface area contributed by atoms with Gasteiger partial charge >= 0.3 is 5.97 Å². The highest BCUT2D eigenvalue weighted by molar-refractivity contribution is 7.99. The molecule has 0 spiro atoms. The Labute approximate surface area is 131 Å². The van der Waals surface area contributed by atoms with Crippen LogP contribution < -0.4 is 0 Å². The van der Waals surface area contributed by atoms with E-state index in [1.165, 1.54) is 36.7 Å². The van der Waals surface area contributed by atoms with Crippen LogP contribution in [0.5, 0.6) is 0 Å². The lowest BCUT2D eigenvalue weighted by Crippen LogP contribution is -2.24. The van der Waals surface area contributed by atoms with Crippen LogP contribution in [0.3, 0.4) is 0 Å². The zero-order valence-electron chi connectivity index (χ0n) is 13.4. The maximum atomic E-state index is 10.8. The first-order valence-electron chi connectivity index (χ1n) is 7.80. The van der Waals surface area contributed by atoms with Crippen LogP contribution >= 0.6 is 11.8 Å². The SMILES string of the molecule is CC1CC(C)CC(n2c(C(C)C)cnc2SCC(=O)O)C1. The summed E-state index contributed by atoms with van der Waals surface area (Å²) in [5.74, 6) is 1.14. The van der Waals surface area contributed by atoms with Gasteiger partial charge in [-0.25, -0.2) is 4.98 Å². The number of imidazole rings is 1. The van der Waals surface area contributed by atoms with E-state index in [9.17, 15) is 4.79 Å². The molecule has 0 aliphatic heterocycles. The molecule has 21 heavy (non-hydrogen) atoms. The van der Waals surface area contributed by atoms with Crippen molar-refractivity contribution >= 4 is 17.7 Å². The molecule has 1 heterocycles. The average Bonchev–Trinajstić information content (AvgIpc) is 2.78. The van der Waals surface area contributed by atoms with Crippen molar-refractivity contribution in [3.8, 4) is 0 Å². The third kappa shape index (κ3) is 4.02. The summed E-state index contributed by atoms with van der Waals surface area (Å²) in [5.41, 5.74) is 1.23. The van der Waals surface area contributed by atoms with E-state index in [0.717, 1.165) is 17.0 Å². The first-order valence-corrected chi connectivity index (χ1v) is 8.78. The largest absolute Gasteiger partial charge is 0.481 e. The zero-order chi connectivity index (χ0) is 15.6. The number of hydrogen-bond acceptors (Lipinski definition) is 3. The maximum Gasteiger partial charge on any atom is 0.313 e. The van der Waals surface area contributed by atoms with E-state index in [1.54, 1.807) is 0 Å². The molecule has 2 rings (SSSR count). The molecule has 4 nitrogen and oxygen atoms in total. The van der Waals surface area contributed by atoms with Crippen molar-refractivity contribution in [3.05, 3.63) is 11.9 Å². The van der Waals surface area contributed by atoms with Crippen LogP contribution in [0.25, 0.3) is 0 Å². The normalized spacial score (nSPS) is 26.2. The quantitative estimate of drug-likeness (QED) is 0.829. The number of nitrogens with zero attached hydrogens (tertiary/aromatic N) is 2. The van der Waals surface area contributed by atoms with Gasteiger partial charge in [-0.2, -0.15) is 0 Å². The van der Waals surface area contributed by atoms with Crippen molar-refractivity contribution in [2.75, 3.05) is 5.75 Å². The molecular weight excluding hydrogens is 284 g/mol. The third-order valence-electron chi connectivity index (χ3n) is 4.23. The number of carboxylic acid groups (broad SMARTS) is 1. The van der Waals surface area contributed by atoms with E-state index >= 15 is 0 Å². The molecule has 2 unspecified atom stereocenters. The zero-order valence-corrected chi connectivity index (χ0v) is 14.2. The molecule has 0 aromatic carbocycles. The third-order valence-corrected chi connectivity index (χ3v) is 5.18. The molecule has 1 saturated carbocycles. The summed E-state index contributed by atoms with van der Waals surface area (Å²) in [5, 5.41) is 9.79. The standard InChI is InChI=1S/C16H26N2O2S/c1-10(2)14-8-17-16(21-9-15(19)20)18(14)13-6-11(3)5-12(4)7-13/h8,10-13H,5-7,9H2,1-4H3,(H,19,20). The van der Waals surface area contributed by atoms with Crippen molar-refractivity contribution in [1.82, 2.24) is 9.55 Å². The fourth-order valence-corrected chi connectivity index (χ4v) is 4.27. The van der Waals surface area contributed by atoms with Crippen molar-refractivity contribution in [3.63, 3.8) is 0 Å². The number of aromatic nitrogens is 2. The van der Waals surface area contributed by atoms with Crippen molar-refractivity contribution < 1.29 is 9.90 Å². The Morgan fingerprint density at radius 1 is 1.38 bits per heavy atom. The number of aliphatic carboxylic acids is 1. The number of carbonyl (C=O) groups is 1. The predicted molar refractivity (Wildman–Crippen MR) is 85.9 cm³/mol. The summed E-state index contributed by atoms with van der Waals surface area (Å²) in [7, 11) is 0. The van der Waals surface area contributed by atoms with Gasteiger partial charge in [-0.05, 0) is 37.0 Å². The van der Waals surface area contributed by atoms with E-state index in [1.807, 2.05) is 6.20 Å². The Morgan fingerprint density at radius 3 is 2.52 bits per heavy atom. The van der Waals surface area contributed by atoms with Gasteiger partial charge in [-0.1, -0.05) is 39.5 Å². The first kappa shape index (κ1) is 16.4. The van der Waals surface area contributed by atoms with Crippen molar-refractivity contribution in [2.45, 2.75) is 64.1 Å². The van der Waals surface area contributed by atoms with Crippen LogP contribution in [-0.2, 0) is 4.79 Å². The molecule has 118 valence electrons. The Hall–Kier alpha value is -0.970. The van der Waals surface area contributed by atoms with Gasteiger partial charge in [-0.15, -0.1) is 0 Å². The Balaban J connectivity index is 2.29. The molecule has 2 atom stereocenters. The van der Waals surface area contributed by atoms with E-state index in [4.69, 9.17) is 5.11 Å². The molecule has 0 saturated heterocycles. The lowest BCUT2D eigenvalue weighted by atomic mass is 9.80. The molecular formula is C16H26N2O2S. The van der Waals surface area contributed by atoms with Crippen LogP contribution in [0.2, 0.25) is 0 Å². The minimum Gasteiger partial charge on any atom is -0.481 e. The molecule has 0 amide bonds. The van der Waals surface area contributed by atoms with E-state index in [2.05, 4.69) is 37.2 Å². The van der Waals surface area contributed by atoms with E-state index in [-0.39, 0.29) is 5.75 Å². The minimum atomic E-state index is -0.786. The van der Waals surface area contributed by atoms with Gasteiger partial charge < -0.3 is 9.67 Å². The van der Waals surface area contributed by atoms with Crippen LogP contribution in [0.4, 0.5) is 0 Å². The number of hydrogen-bond donors (Lipinski definition) is 1. The van der Waals surface area contributed by atoms with Crippen molar-refractivity contribution in [2.24, 2.45) is 11.8 Å². The monoisotopic (exact) mass is 310 g/mol. The topological polar surface area (TPSA) is 55.1 Å². The van der Waals surface area contributed by atoms with Gasteiger partial charge in [0.2, 0.25) is 0 Å². The van der Waals surface area contributed by atoms with Gasteiger partial charge in [0.1, 0.15) is 0 Å². The molecule has 0 bridgehead atoms. The fourth-order valence-electron chi connectivity index (χ4n) is 3.50. The van der Waals surface area contributed by atoms with Crippen molar-refractivity contribution in [1.29, 1.82) is 0 Å². The molecule has 0 radical (unpaired) electrons. The Bertz CT molecular complexity index is 488. The summed E-state index contributed by atoms with van der Waals surface area (Å²) >= 11 is 1.34. The Kier molecular flexibility index (Phi) is 5.36. The summed E-state index contributed by atoms with van der Waals surface area (Å²) in [4.78, 5) is 15.3. The first-order chi connectivity index (χ1) is 9.88. The second kappa shape index (κ2) is 6.86. The maximum absolute atomic E-state index is 10.8. The lowest BCUT2D eigenvalue weighted by Gasteiger charge is -2.34. The van der Waals surface area contributed by atoms with Gasteiger partial charge in [0.05, 0.1) is 5.75 Å². The number of rotatable bonds is 5. The minimum absolute atomic E-state index is 0.0758. The Morgan fingerprint density at radius 2 is 2.00 bits per heavy atom. The molecule has 1 aromatic heterocycles. The highest BCUT2D eigenvalue weighted by Gasteiger charge is 2.29. The van der Waals surface area contributed by atoms with Gasteiger partial charge in [0, 0.05) is 17.9 Å².